The third-order valence-corrected chi connectivity index (χ3v) is 11.7. The Morgan fingerprint density at radius 1 is 0.333 bits per heavy atom. The molecule has 0 fully saturated rings. The zero-order valence-electron chi connectivity index (χ0n) is 43.2. The molecule has 1 atom stereocenters. The molecule has 6 heteroatoms. The summed E-state index contributed by atoms with van der Waals surface area (Å²) in [4.78, 5) is 38.1. The molecule has 0 aliphatic carbocycles. The molecule has 0 saturated heterocycles. The number of hydrogen-bond acceptors (Lipinski definition) is 6. The SMILES string of the molecule is CC/C=C\C/C=C\CCCCCCCC(=O)OCC(COC(=O)CCCCCCC\C=C/C=C\C=C/C=C\CCCCC)OC(=O)CCCCCCC/C=C\CCCCCCCCCCC. The fourth-order valence-corrected chi connectivity index (χ4v) is 7.55. The predicted octanol–water partition coefficient (Wildman–Crippen LogP) is 18.4. The number of carbonyl (C=O) groups excluding carboxylic acids is 3. The summed E-state index contributed by atoms with van der Waals surface area (Å²) in [6.45, 7) is 6.46. The Labute approximate surface area is 407 Å². The van der Waals surface area contributed by atoms with E-state index in [2.05, 4.69) is 106 Å². The second-order valence-electron chi connectivity index (χ2n) is 18.2. The Morgan fingerprint density at radius 2 is 0.652 bits per heavy atom. The van der Waals surface area contributed by atoms with Crippen LogP contribution in [0.3, 0.4) is 0 Å². The Hall–Kier alpha value is -3.41. The van der Waals surface area contributed by atoms with E-state index >= 15 is 0 Å². The monoisotopic (exact) mass is 919 g/mol. The Kier molecular flexibility index (Phi) is 51.4. The first-order valence-electron chi connectivity index (χ1n) is 27.6. The predicted molar refractivity (Wildman–Crippen MR) is 284 cm³/mol. The number of unbranched alkanes of at least 4 members (excludes halogenated alkanes) is 27. The van der Waals surface area contributed by atoms with Gasteiger partial charge in [0.1, 0.15) is 13.2 Å². The molecule has 0 amide bonds. The van der Waals surface area contributed by atoms with Crippen molar-refractivity contribution < 1.29 is 28.6 Å². The van der Waals surface area contributed by atoms with Crippen LogP contribution < -0.4 is 0 Å². The van der Waals surface area contributed by atoms with E-state index < -0.39 is 6.10 Å². The highest BCUT2D eigenvalue weighted by Gasteiger charge is 2.19. The van der Waals surface area contributed by atoms with Crippen molar-refractivity contribution >= 4 is 17.9 Å². The molecule has 0 spiro atoms. The minimum atomic E-state index is -0.797. The highest BCUT2D eigenvalue weighted by Crippen LogP contribution is 2.14. The van der Waals surface area contributed by atoms with E-state index in [0.29, 0.717) is 19.3 Å². The van der Waals surface area contributed by atoms with Crippen molar-refractivity contribution in [2.45, 2.75) is 264 Å². The summed E-state index contributed by atoms with van der Waals surface area (Å²) in [5, 5.41) is 0. The second kappa shape index (κ2) is 54.2. The molecule has 0 radical (unpaired) electrons. The highest BCUT2D eigenvalue weighted by atomic mass is 16.6. The zero-order chi connectivity index (χ0) is 47.9. The quantitative estimate of drug-likeness (QED) is 0.0199. The van der Waals surface area contributed by atoms with Crippen molar-refractivity contribution in [2.24, 2.45) is 0 Å². The fourth-order valence-electron chi connectivity index (χ4n) is 7.55. The van der Waals surface area contributed by atoms with E-state index in [0.717, 1.165) is 128 Å². The molecule has 0 aliphatic rings. The average molecular weight is 919 g/mol. The molecule has 0 aromatic rings. The number of rotatable bonds is 49. The first-order chi connectivity index (χ1) is 32.5. The maximum absolute atomic E-state index is 12.8. The molecule has 0 heterocycles. The zero-order valence-corrected chi connectivity index (χ0v) is 43.2. The summed E-state index contributed by atoms with van der Waals surface area (Å²) >= 11 is 0. The Bertz CT molecular complexity index is 1290. The maximum atomic E-state index is 12.8. The van der Waals surface area contributed by atoms with E-state index in [1.807, 2.05) is 0 Å². The van der Waals surface area contributed by atoms with Crippen LogP contribution in [0.25, 0.3) is 0 Å². The van der Waals surface area contributed by atoms with Gasteiger partial charge in [-0.15, -0.1) is 0 Å². The lowest BCUT2D eigenvalue weighted by atomic mass is 10.1. The first-order valence-corrected chi connectivity index (χ1v) is 27.6. The molecule has 6 nitrogen and oxygen atoms in total. The fraction of sp³-hybridized carbons (Fsp3) is 0.717. The smallest absolute Gasteiger partial charge is 0.306 e. The van der Waals surface area contributed by atoms with Gasteiger partial charge in [-0.05, 0) is 96.3 Å². The van der Waals surface area contributed by atoms with E-state index in [1.165, 1.54) is 89.9 Å². The Morgan fingerprint density at radius 3 is 1.09 bits per heavy atom. The number of esters is 3. The standard InChI is InChI=1S/C60H102O6/c1-4-7-10-13-16-19-22-25-27-29-31-33-35-38-41-44-47-50-53-59(62)65-56-57(55-64-58(61)52-49-46-43-40-37-24-21-18-15-12-9-6-3)66-60(63)54-51-48-45-42-39-36-34-32-30-28-26-23-20-17-14-11-8-5-2/h9,12,16,18-19,21-22,25,27,29,31-34,57H,4-8,10-11,13-15,17,20,23-24,26,28,30,35-56H2,1-3H3/b12-9-,19-16-,21-18-,25-22-,29-27-,33-31-,34-32-. The molecule has 0 aromatic heterocycles. The van der Waals surface area contributed by atoms with Crippen LogP contribution in [0.4, 0.5) is 0 Å². The molecular weight excluding hydrogens is 817 g/mol. The van der Waals surface area contributed by atoms with Gasteiger partial charge in [0.05, 0.1) is 0 Å². The van der Waals surface area contributed by atoms with E-state index in [-0.39, 0.29) is 31.1 Å². The molecule has 0 aliphatic heterocycles. The summed E-state index contributed by atoms with van der Waals surface area (Å²) in [7, 11) is 0. The summed E-state index contributed by atoms with van der Waals surface area (Å²) in [5.74, 6) is -0.938. The van der Waals surface area contributed by atoms with E-state index in [4.69, 9.17) is 14.2 Å². The number of ether oxygens (including phenoxy) is 3. The molecule has 66 heavy (non-hydrogen) atoms. The van der Waals surface area contributed by atoms with Crippen LogP contribution in [0.5, 0.6) is 0 Å². The highest BCUT2D eigenvalue weighted by molar-refractivity contribution is 5.71. The minimum absolute atomic E-state index is 0.0955. The largest absolute Gasteiger partial charge is 0.462 e. The van der Waals surface area contributed by atoms with Crippen molar-refractivity contribution in [3.05, 3.63) is 85.1 Å². The van der Waals surface area contributed by atoms with Crippen LogP contribution in [0.15, 0.2) is 85.1 Å². The molecule has 1 unspecified atom stereocenters. The van der Waals surface area contributed by atoms with Crippen LogP contribution in [0.1, 0.15) is 258 Å². The van der Waals surface area contributed by atoms with Gasteiger partial charge in [-0.2, -0.15) is 0 Å². The van der Waals surface area contributed by atoms with Crippen molar-refractivity contribution in [3.63, 3.8) is 0 Å². The van der Waals surface area contributed by atoms with Gasteiger partial charge in [-0.25, -0.2) is 0 Å². The number of allylic oxidation sites excluding steroid dienone is 14. The molecule has 378 valence electrons. The number of hydrogen-bond donors (Lipinski definition) is 0. The van der Waals surface area contributed by atoms with Gasteiger partial charge in [0, 0.05) is 19.3 Å². The van der Waals surface area contributed by atoms with Crippen LogP contribution >= 0.6 is 0 Å². The normalized spacial score (nSPS) is 12.7. The molecule has 0 N–H and O–H groups in total. The van der Waals surface area contributed by atoms with Crippen molar-refractivity contribution in [1.29, 1.82) is 0 Å². The molecule has 0 bridgehead atoms. The van der Waals surface area contributed by atoms with Gasteiger partial charge in [-0.1, -0.05) is 228 Å². The van der Waals surface area contributed by atoms with Gasteiger partial charge in [0.25, 0.3) is 0 Å². The molecule has 0 aromatic carbocycles. The number of carbonyl (C=O) groups is 3. The van der Waals surface area contributed by atoms with Gasteiger partial charge < -0.3 is 14.2 Å². The average Bonchev–Trinajstić information content (AvgIpc) is 3.31. The summed E-state index contributed by atoms with van der Waals surface area (Å²) in [6, 6.07) is 0. The van der Waals surface area contributed by atoms with Crippen LogP contribution in [0, 0.1) is 0 Å². The van der Waals surface area contributed by atoms with Crippen molar-refractivity contribution in [1.82, 2.24) is 0 Å². The van der Waals surface area contributed by atoms with Crippen LogP contribution in [-0.4, -0.2) is 37.2 Å². The topological polar surface area (TPSA) is 78.9 Å². The summed E-state index contributed by atoms with van der Waals surface area (Å²) in [5.41, 5.74) is 0. The lowest BCUT2D eigenvalue weighted by Crippen LogP contribution is -2.30. The molecule has 0 saturated carbocycles. The second-order valence-corrected chi connectivity index (χ2v) is 18.2. The Balaban J connectivity index is 4.44. The van der Waals surface area contributed by atoms with Gasteiger partial charge >= 0.3 is 17.9 Å². The minimum Gasteiger partial charge on any atom is -0.462 e. The lowest BCUT2D eigenvalue weighted by Gasteiger charge is -2.18. The van der Waals surface area contributed by atoms with Gasteiger partial charge in [-0.3, -0.25) is 14.4 Å². The van der Waals surface area contributed by atoms with Crippen molar-refractivity contribution in [2.75, 3.05) is 13.2 Å². The van der Waals surface area contributed by atoms with Crippen LogP contribution in [-0.2, 0) is 28.6 Å². The van der Waals surface area contributed by atoms with Crippen molar-refractivity contribution in [3.8, 4) is 0 Å². The van der Waals surface area contributed by atoms with Gasteiger partial charge in [0.2, 0.25) is 0 Å². The first kappa shape index (κ1) is 62.6. The summed E-state index contributed by atoms with van der Waals surface area (Å²) < 4.78 is 16.8. The lowest BCUT2D eigenvalue weighted by molar-refractivity contribution is -0.167. The third kappa shape index (κ3) is 51.6. The van der Waals surface area contributed by atoms with Crippen LogP contribution in [0.2, 0.25) is 0 Å². The molecular formula is C60H102O6. The maximum Gasteiger partial charge on any atom is 0.306 e. The van der Waals surface area contributed by atoms with E-state index in [1.54, 1.807) is 0 Å². The van der Waals surface area contributed by atoms with Gasteiger partial charge in [0.15, 0.2) is 6.10 Å². The van der Waals surface area contributed by atoms with E-state index in [9.17, 15) is 14.4 Å². The third-order valence-electron chi connectivity index (χ3n) is 11.7. The molecule has 0 rings (SSSR count). The summed E-state index contributed by atoms with van der Waals surface area (Å²) in [6.07, 6.45) is 70.0.